The van der Waals surface area contributed by atoms with Crippen molar-refractivity contribution in [1.82, 2.24) is 10.6 Å². The fourth-order valence-corrected chi connectivity index (χ4v) is 2.46. The number of carbonyl (C=O) groups is 2. The molecule has 0 fully saturated rings. The third kappa shape index (κ3) is 8.45. The van der Waals surface area contributed by atoms with Crippen molar-refractivity contribution in [3.05, 3.63) is 35.4 Å². The van der Waals surface area contributed by atoms with Crippen molar-refractivity contribution < 1.29 is 14.3 Å². The summed E-state index contributed by atoms with van der Waals surface area (Å²) in [5.41, 5.74) is 7.72. The van der Waals surface area contributed by atoms with Crippen LogP contribution in [0, 0.1) is 6.92 Å². The van der Waals surface area contributed by atoms with Gasteiger partial charge < -0.3 is 21.1 Å². The van der Waals surface area contributed by atoms with Gasteiger partial charge in [-0.2, -0.15) is 0 Å². The first kappa shape index (κ1) is 22.1. The van der Waals surface area contributed by atoms with Crippen LogP contribution < -0.4 is 16.4 Å². The molecule has 0 saturated carbocycles. The van der Waals surface area contributed by atoms with Crippen LogP contribution in [0.5, 0.6) is 0 Å². The van der Waals surface area contributed by atoms with Crippen molar-refractivity contribution in [2.45, 2.75) is 64.6 Å². The summed E-state index contributed by atoms with van der Waals surface area (Å²) in [6.07, 6.45) is 1.62. The minimum atomic E-state index is -0.731. The lowest BCUT2D eigenvalue weighted by atomic mass is 10.1. The van der Waals surface area contributed by atoms with Crippen molar-refractivity contribution in [1.29, 1.82) is 0 Å². The van der Waals surface area contributed by atoms with E-state index in [1.165, 1.54) is 11.1 Å². The molecule has 0 bridgehead atoms. The summed E-state index contributed by atoms with van der Waals surface area (Å²) in [4.78, 5) is 24.2. The molecular formula is C20H33N3O3. The Morgan fingerprint density at radius 3 is 2.31 bits per heavy atom. The van der Waals surface area contributed by atoms with E-state index in [2.05, 4.69) is 34.9 Å². The molecule has 6 nitrogen and oxygen atoms in total. The van der Waals surface area contributed by atoms with Gasteiger partial charge in [-0.3, -0.25) is 9.59 Å². The van der Waals surface area contributed by atoms with Crippen LogP contribution >= 0.6 is 0 Å². The van der Waals surface area contributed by atoms with Crippen molar-refractivity contribution in [3.8, 4) is 0 Å². The van der Waals surface area contributed by atoms with E-state index >= 15 is 0 Å². The highest BCUT2D eigenvalue weighted by atomic mass is 16.6. The van der Waals surface area contributed by atoms with Crippen molar-refractivity contribution >= 4 is 11.9 Å². The van der Waals surface area contributed by atoms with Crippen LogP contribution in [-0.4, -0.2) is 43.2 Å². The molecule has 6 heteroatoms. The number of benzene rings is 1. The number of nitrogens with one attached hydrogen (secondary N) is 2. The summed E-state index contributed by atoms with van der Waals surface area (Å²) in [7, 11) is 1.73. The number of nitrogens with two attached hydrogens (primary N) is 1. The van der Waals surface area contributed by atoms with Crippen LogP contribution in [-0.2, 0) is 20.7 Å². The van der Waals surface area contributed by atoms with Crippen molar-refractivity contribution in [2.24, 2.45) is 5.73 Å². The zero-order valence-corrected chi connectivity index (χ0v) is 16.6. The maximum atomic E-state index is 12.3. The standard InChI is InChI=1S/C20H33N3O3/c1-14-6-8-15(9-7-14)12-13-23-18(24)17(22-5)11-10-16(21)19(25)26-20(2,3)4/h6-9,16-17,22H,10-13,21H2,1-5H3,(H,23,24)/t16?,17-/m0/s1. The Labute approximate surface area is 156 Å². The molecule has 0 heterocycles. The molecule has 0 aliphatic heterocycles. The first-order valence-electron chi connectivity index (χ1n) is 9.11. The first-order valence-corrected chi connectivity index (χ1v) is 9.11. The SMILES string of the molecule is CN[C@@H](CCC(N)C(=O)OC(C)(C)C)C(=O)NCCc1ccc(C)cc1. The number of carbonyl (C=O) groups excluding carboxylic acids is 2. The smallest absolute Gasteiger partial charge is 0.323 e. The molecule has 0 aromatic heterocycles. The van der Waals surface area contributed by atoms with Gasteiger partial charge in [-0.15, -0.1) is 0 Å². The molecule has 0 spiro atoms. The zero-order chi connectivity index (χ0) is 19.7. The molecule has 1 aromatic rings. The minimum Gasteiger partial charge on any atom is -0.459 e. The first-order chi connectivity index (χ1) is 12.1. The second-order valence-corrected chi connectivity index (χ2v) is 7.59. The molecule has 0 aliphatic carbocycles. The third-order valence-corrected chi connectivity index (χ3v) is 3.97. The van der Waals surface area contributed by atoms with Crippen LogP contribution in [0.3, 0.4) is 0 Å². The van der Waals surface area contributed by atoms with Crippen LogP contribution in [0.1, 0.15) is 44.7 Å². The van der Waals surface area contributed by atoms with E-state index in [1.807, 2.05) is 6.92 Å². The summed E-state index contributed by atoms with van der Waals surface area (Å²) in [5.74, 6) is -0.525. The van der Waals surface area contributed by atoms with E-state index in [9.17, 15) is 9.59 Å². The van der Waals surface area contributed by atoms with Crippen LogP contribution in [0.2, 0.25) is 0 Å². The molecule has 1 aromatic carbocycles. The van der Waals surface area contributed by atoms with Gasteiger partial charge >= 0.3 is 5.97 Å². The van der Waals surface area contributed by atoms with Gasteiger partial charge in [0.05, 0.1) is 6.04 Å². The second kappa shape index (κ2) is 10.3. The molecule has 0 aliphatic rings. The fraction of sp³-hybridized carbons (Fsp3) is 0.600. The van der Waals surface area contributed by atoms with Crippen molar-refractivity contribution in [3.63, 3.8) is 0 Å². The lowest BCUT2D eigenvalue weighted by molar-refractivity contribution is -0.156. The van der Waals surface area contributed by atoms with Gasteiger partial charge in [0.2, 0.25) is 5.91 Å². The van der Waals surface area contributed by atoms with Crippen LogP contribution in [0.4, 0.5) is 0 Å². The second-order valence-electron chi connectivity index (χ2n) is 7.59. The van der Waals surface area contributed by atoms with Gasteiger partial charge in [-0.25, -0.2) is 0 Å². The molecule has 0 saturated heterocycles. The molecule has 4 N–H and O–H groups in total. The molecule has 1 unspecified atom stereocenters. The van der Waals surface area contributed by atoms with Gasteiger partial charge in [0.25, 0.3) is 0 Å². The topological polar surface area (TPSA) is 93.4 Å². The van der Waals surface area contributed by atoms with E-state index in [0.717, 1.165) is 6.42 Å². The Morgan fingerprint density at radius 2 is 1.77 bits per heavy atom. The number of rotatable bonds is 9. The van der Waals surface area contributed by atoms with E-state index in [0.29, 0.717) is 19.4 Å². The van der Waals surface area contributed by atoms with Gasteiger partial charge in [-0.05, 0) is 59.6 Å². The maximum absolute atomic E-state index is 12.3. The molecular weight excluding hydrogens is 330 g/mol. The number of hydrogen-bond acceptors (Lipinski definition) is 5. The Balaban J connectivity index is 2.38. The summed E-state index contributed by atoms with van der Waals surface area (Å²) < 4.78 is 5.26. The van der Waals surface area contributed by atoms with Crippen LogP contribution in [0.25, 0.3) is 0 Å². The molecule has 26 heavy (non-hydrogen) atoms. The summed E-state index contributed by atoms with van der Waals surface area (Å²) in [6, 6.07) is 7.14. The van der Waals surface area contributed by atoms with Gasteiger partial charge in [-0.1, -0.05) is 29.8 Å². The lowest BCUT2D eigenvalue weighted by Crippen LogP contribution is -2.45. The van der Waals surface area contributed by atoms with Gasteiger partial charge in [0, 0.05) is 6.54 Å². The molecule has 2 atom stereocenters. The highest BCUT2D eigenvalue weighted by molar-refractivity contribution is 5.82. The predicted molar refractivity (Wildman–Crippen MR) is 104 cm³/mol. The average Bonchev–Trinajstić information content (AvgIpc) is 2.55. The van der Waals surface area contributed by atoms with Crippen molar-refractivity contribution in [2.75, 3.05) is 13.6 Å². The molecule has 0 radical (unpaired) electrons. The van der Waals surface area contributed by atoms with E-state index in [-0.39, 0.29) is 11.9 Å². The number of likely N-dealkylation sites (N-methyl/N-ethyl adjacent to an activating group) is 1. The van der Waals surface area contributed by atoms with E-state index in [4.69, 9.17) is 10.5 Å². The van der Waals surface area contributed by atoms with Gasteiger partial charge in [0.15, 0.2) is 0 Å². The van der Waals surface area contributed by atoms with Crippen LogP contribution in [0.15, 0.2) is 24.3 Å². The van der Waals surface area contributed by atoms with Gasteiger partial charge in [0.1, 0.15) is 11.6 Å². The largest absolute Gasteiger partial charge is 0.459 e. The van der Waals surface area contributed by atoms with E-state index in [1.54, 1.807) is 27.8 Å². The number of esters is 1. The Kier molecular flexibility index (Phi) is 8.75. The molecule has 146 valence electrons. The number of hydrogen-bond donors (Lipinski definition) is 3. The quantitative estimate of drug-likeness (QED) is 0.581. The Bertz CT molecular complexity index is 579. The Hall–Kier alpha value is -1.92. The Morgan fingerprint density at radius 1 is 1.15 bits per heavy atom. The summed E-state index contributed by atoms with van der Waals surface area (Å²) in [5, 5.41) is 5.91. The number of amides is 1. The predicted octanol–water partition coefficient (Wildman–Crippen LogP) is 1.69. The molecule has 1 rings (SSSR count). The highest BCUT2D eigenvalue weighted by Crippen LogP contribution is 2.10. The lowest BCUT2D eigenvalue weighted by Gasteiger charge is -2.23. The average molecular weight is 364 g/mol. The normalized spacial score (nSPS) is 13.8. The maximum Gasteiger partial charge on any atom is 0.323 e. The monoisotopic (exact) mass is 363 g/mol. The van der Waals surface area contributed by atoms with E-state index < -0.39 is 17.6 Å². The minimum absolute atomic E-state index is 0.0870. The number of aryl methyl sites for hydroxylation is 1. The summed E-state index contributed by atoms with van der Waals surface area (Å²) in [6.45, 7) is 8.02. The zero-order valence-electron chi connectivity index (χ0n) is 16.6. The highest BCUT2D eigenvalue weighted by Gasteiger charge is 2.24. The summed E-state index contributed by atoms with van der Waals surface area (Å²) >= 11 is 0. The third-order valence-electron chi connectivity index (χ3n) is 3.97. The molecule has 1 amide bonds. The number of ether oxygens (including phenoxy) is 1. The fourth-order valence-electron chi connectivity index (χ4n) is 2.46.